The fourth-order valence-corrected chi connectivity index (χ4v) is 3.61. The third-order valence-electron chi connectivity index (χ3n) is 4.97. The number of carboxylic acid groups (broad SMARTS) is 1. The second-order valence-electron chi connectivity index (χ2n) is 6.64. The molecule has 1 N–H and O–H groups in total. The van der Waals surface area contributed by atoms with Crippen LogP contribution in [0.2, 0.25) is 0 Å². The molecule has 6 heteroatoms. The molecule has 25 heavy (non-hydrogen) atoms. The Bertz CT molecular complexity index is 784. The summed E-state index contributed by atoms with van der Waals surface area (Å²) in [7, 11) is 1.79. The standard InChI is InChI=1S/C19H23N3O3/c1-13-5-3-4-6-14(13)9-10-22-17(23)8-7-16(19(24)25)18(22)15-11-20-21(2)12-15/h3-6,11-12,16,18H,7-10H2,1-2H3,(H,24,25)/t16-,18-/m0/s1. The number of nitrogens with zero attached hydrogens (tertiary/aromatic N) is 3. The molecule has 6 nitrogen and oxygen atoms in total. The number of amides is 1. The topological polar surface area (TPSA) is 75.4 Å². The van der Waals surface area contributed by atoms with Gasteiger partial charge in [0.15, 0.2) is 0 Å². The summed E-state index contributed by atoms with van der Waals surface area (Å²) in [6, 6.07) is 7.61. The quantitative estimate of drug-likeness (QED) is 0.906. The molecule has 1 aromatic heterocycles. The van der Waals surface area contributed by atoms with Gasteiger partial charge in [0.25, 0.3) is 0 Å². The molecule has 0 unspecified atom stereocenters. The van der Waals surface area contributed by atoms with Crippen molar-refractivity contribution in [2.75, 3.05) is 6.54 Å². The summed E-state index contributed by atoms with van der Waals surface area (Å²) in [5.74, 6) is -1.44. The van der Waals surface area contributed by atoms with E-state index in [4.69, 9.17) is 0 Å². The summed E-state index contributed by atoms with van der Waals surface area (Å²) < 4.78 is 1.65. The summed E-state index contributed by atoms with van der Waals surface area (Å²) in [5, 5.41) is 13.8. The number of carboxylic acids is 1. The molecule has 0 bridgehead atoms. The van der Waals surface area contributed by atoms with Crippen LogP contribution in [0.4, 0.5) is 0 Å². The van der Waals surface area contributed by atoms with Gasteiger partial charge < -0.3 is 10.0 Å². The van der Waals surface area contributed by atoms with Crippen molar-refractivity contribution in [1.82, 2.24) is 14.7 Å². The first-order chi connectivity index (χ1) is 12.0. The van der Waals surface area contributed by atoms with E-state index in [0.29, 0.717) is 19.4 Å². The number of aliphatic carboxylic acids is 1. The molecule has 2 heterocycles. The second kappa shape index (κ2) is 7.09. The SMILES string of the molecule is Cc1ccccc1CCN1C(=O)CC[C@H](C(=O)O)[C@@H]1c1cnn(C)c1. The van der Waals surface area contributed by atoms with Crippen LogP contribution in [-0.4, -0.2) is 38.2 Å². The van der Waals surface area contributed by atoms with Gasteiger partial charge in [-0.1, -0.05) is 24.3 Å². The lowest BCUT2D eigenvalue weighted by atomic mass is 9.85. The van der Waals surface area contributed by atoms with Crippen LogP contribution in [-0.2, 0) is 23.1 Å². The number of aromatic nitrogens is 2. The number of piperidine rings is 1. The average Bonchev–Trinajstić information content (AvgIpc) is 3.00. The first kappa shape index (κ1) is 17.2. The van der Waals surface area contributed by atoms with Gasteiger partial charge in [-0.25, -0.2) is 0 Å². The van der Waals surface area contributed by atoms with E-state index in [-0.39, 0.29) is 12.3 Å². The molecule has 1 fully saturated rings. The molecule has 0 aliphatic carbocycles. The Hall–Kier alpha value is -2.63. The van der Waals surface area contributed by atoms with Gasteiger partial charge in [-0.2, -0.15) is 5.10 Å². The first-order valence-corrected chi connectivity index (χ1v) is 8.52. The molecule has 132 valence electrons. The van der Waals surface area contributed by atoms with Crippen molar-refractivity contribution in [3.05, 3.63) is 53.3 Å². The van der Waals surface area contributed by atoms with Crippen molar-refractivity contribution >= 4 is 11.9 Å². The van der Waals surface area contributed by atoms with E-state index in [1.165, 1.54) is 11.1 Å². The normalized spacial score (nSPS) is 20.7. The van der Waals surface area contributed by atoms with Gasteiger partial charge in [-0.3, -0.25) is 14.3 Å². The Morgan fingerprint density at radius 1 is 1.36 bits per heavy atom. The highest BCUT2D eigenvalue weighted by atomic mass is 16.4. The van der Waals surface area contributed by atoms with E-state index in [9.17, 15) is 14.7 Å². The largest absolute Gasteiger partial charge is 0.481 e. The van der Waals surface area contributed by atoms with Crippen molar-refractivity contribution in [3.63, 3.8) is 0 Å². The molecular formula is C19H23N3O3. The van der Waals surface area contributed by atoms with Gasteiger partial charge in [0.1, 0.15) is 0 Å². The van der Waals surface area contributed by atoms with Gasteiger partial charge in [-0.15, -0.1) is 0 Å². The molecule has 2 aromatic rings. The fraction of sp³-hybridized carbons (Fsp3) is 0.421. The number of carbonyl (C=O) groups excluding carboxylic acids is 1. The maximum absolute atomic E-state index is 12.6. The van der Waals surface area contributed by atoms with Crippen LogP contribution >= 0.6 is 0 Å². The van der Waals surface area contributed by atoms with E-state index >= 15 is 0 Å². The zero-order valence-corrected chi connectivity index (χ0v) is 14.6. The number of rotatable bonds is 5. The van der Waals surface area contributed by atoms with Gasteiger partial charge in [0, 0.05) is 31.8 Å². The lowest BCUT2D eigenvalue weighted by molar-refractivity contribution is -0.152. The highest BCUT2D eigenvalue weighted by Gasteiger charge is 2.41. The van der Waals surface area contributed by atoms with Gasteiger partial charge in [0.05, 0.1) is 18.2 Å². The highest BCUT2D eigenvalue weighted by Crippen LogP contribution is 2.36. The Morgan fingerprint density at radius 2 is 2.12 bits per heavy atom. The van der Waals surface area contributed by atoms with Gasteiger partial charge >= 0.3 is 5.97 Å². The Balaban J connectivity index is 1.88. The summed E-state index contributed by atoms with van der Waals surface area (Å²) >= 11 is 0. The zero-order chi connectivity index (χ0) is 18.0. The third kappa shape index (κ3) is 3.57. The summed E-state index contributed by atoms with van der Waals surface area (Å²) in [6.07, 6.45) is 4.83. The van der Waals surface area contributed by atoms with Gasteiger partial charge in [-0.05, 0) is 30.9 Å². The Kier molecular flexibility index (Phi) is 4.88. The van der Waals surface area contributed by atoms with Crippen molar-refractivity contribution in [3.8, 4) is 0 Å². The van der Waals surface area contributed by atoms with Crippen LogP contribution in [0.1, 0.15) is 35.6 Å². The monoisotopic (exact) mass is 341 g/mol. The van der Waals surface area contributed by atoms with E-state index in [0.717, 1.165) is 5.56 Å². The molecule has 3 rings (SSSR count). The molecule has 1 aliphatic rings. The van der Waals surface area contributed by atoms with Crippen molar-refractivity contribution < 1.29 is 14.7 Å². The minimum Gasteiger partial charge on any atom is -0.481 e. The van der Waals surface area contributed by atoms with Crippen LogP contribution in [0.5, 0.6) is 0 Å². The number of hydrogen-bond acceptors (Lipinski definition) is 3. The van der Waals surface area contributed by atoms with E-state index < -0.39 is 17.9 Å². The van der Waals surface area contributed by atoms with Crippen molar-refractivity contribution in [2.24, 2.45) is 13.0 Å². The smallest absolute Gasteiger partial charge is 0.308 e. The van der Waals surface area contributed by atoms with E-state index in [1.807, 2.05) is 25.1 Å². The summed E-state index contributed by atoms with van der Waals surface area (Å²) in [6.45, 7) is 2.55. The van der Waals surface area contributed by atoms with Crippen LogP contribution in [0.25, 0.3) is 0 Å². The van der Waals surface area contributed by atoms with E-state index in [2.05, 4.69) is 11.2 Å². The van der Waals surface area contributed by atoms with Crippen molar-refractivity contribution in [2.45, 2.75) is 32.2 Å². The second-order valence-corrected chi connectivity index (χ2v) is 6.64. The minimum absolute atomic E-state index is 0.0138. The Morgan fingerprint density at radius 3 is 2.76 bits per heavy atom. The molecule has 0 spiro atoms. The molecular weight excluding hydrogens is 318 g/mol. The van der Waals surface area contributed by atoms with Crippen LogP contribution in [0.3, 0.4) is 0 Å². The number of hydrogen-bond donors (Lipinski definition) is 1. The van der Waals surface area contributed by atoms with Gasteiger partial charge in [0.2, 0.25) is 5.91 Å². The lowest BCUT2D eigenvalue weighted by Gasteiger charge is -2.39. The molecule has 1 aromatic carbocycles. The molecule has 0 saturated carbocycles. The molecule has 0 radical (unpaired) electrons. The number of likely N-dealkylation sites (tertiary alicyclic amines) is 1. The third-order valence-corrected chi connectivity index (χ3v) is 4.97. The summed E-state index contributed by atoms with van der Waals surface area (Å²) in [4.78, 5) is 26.1. The number of carbonyl (C=O) groups is 2. The zero-order valence-electron chi connectivity index (χ0n) is 14.6. The number of aryl methyl sites for hydroxylation is 2. The predicted molar refractivity (Wildman–Crippen MR) is 92.9 cm³/mol. The Labute approximate surface area is 147 Å². The maximum Gasteiger partial charge on any atom is 0.308 e. The van der Waals surface area contributed by atoms with Crippen LogP contribution < -0.4 is 0 Å². The average molecular weight is 341 g/mol. The van der Waals surface area contributed by atoms with E-state index in [1.54, 1.807) is 29.0 Å². The highest BCUT2D eigenvalue weighted by molar-refractivity contribution is 5.81. The summed E-state index contributed by atoms with van der Waals surface area (Å²) in [5.41, 5.74) is 3.14. The number of benzene rings is 1. The fourth-order valence-electron chi connectivity index (χ4n) is 3.61. The molecule has 1 saturated heterocycles. The van der Waals surface area contributed by atoms with Crippen LogP contribution in [0.15, 0.2) is 36.7 Å². The lowest BCUT2D eigenvalue weighted by Crippen LogP contribution is -2.46. The maximum atomic E-state index is 12.6. The predicted octanol–water partition coefficient (Wildman–Crippen LogP) is 2.34. The van der Waals surface area contributed by atoms with Crippen molar-refractivity contribution in [1.29, 1.82) is 0 Å². The molecule has 1 aliphatic heterocycles. The molecule has 2 atom stereocenters. The molecule has 1 amide bonds. The minimum atomic E-state index is -0.859. The van der Waals surface area contributed by atoms with Crippen LogP contribution in [0, 0.1) is 12.8 Å². The first-order valence-electron chi connectivity index (χ1n) is 8.52.